The summed E-state index contributed by atoms with van der Waals surface area (Å²) in [6.07, 6.45) is 4.62. The fourth-order valence-corrected chi connectivity index (χ4v) is 9.27. The number of nitrogen functional groups attached to an aromatic ring is 1. The average Bonchev–Trinajstić information content (AvgIpc) is 3.75. The summed E-state index contributed by atoms with van der Waals surface area (Å²) in [6, 6.07) is 14.7. The quantitative estimate of drug-likeness (QED) is 0.244. The van der Waals surface area contributed by atoms with E-state index in [1.807, 2.05) is 24.4 Å². The van der Waals surface area contributed by atoms with Crippen molar-refractivity contribution in [2.45, 2.75) is 38.3 Å². The summed E-state index contributed by atoms with van der Waals surface area (Å²) in [5.74, 6) is -0.175. The second-order valence-electron chi connectivity index (χ2n) is 16.1. The average molecular weight is 759 g/mol. The van der Waals surface area contributed by atoms with Crippen LogP contribution in [0.3, 0.4) is 0 Å². The molecule has 14 heteroatoms. The van der Waals surface area contributed by atoms with Gasteiger partial charge in [-0.3, -0.25) is 44.2 Å². The van der Waals surface area contributed by atoms with Crippen LogP contribution in [0.4, 0.5) is 17.2 Å². The van der Waals surface area contributed by atoms with Gasteiger partial charge in [0.2, 0.25) is 11.8 Å². The van der Waals surface area contributed by atoms with E-state index in [0.29, 0.717) is 23.6 Å². The number of pyridine rings is 1. The molecule has 0 aliphatic carbocycles. The van der Waals surface area contributed by atoms with E-state index >= 15 is 0 Å². The van der Waals surface area contributed by atoms with Crippen molar-refractivity contribution in [3.05, 3.63) is 82.5 Å². The molecule has 2 aromatic carbocycles. The number of imide groups is 2. The third-order valence-electron chi connectivity index (χ3n) is 12.6. The topological polar surface area (TPSA) is 151 Å². The molecule has 9 rings (SSSR count). The van der Waals surface area contributed by atoms with Gasteiger partial charge in [0, 0.05) is 107 Å². The van der Waals surface area contributed by atoms with Crippen molar-refractivity contribution in [1.29, 1.82) is 0 Å². The number of nitrogens with two attached hydrogens (primary N) is 1. The zero-order chi connectivity index (χ0) is 38.3. The molecule has 0 spiro atoms. The molecule has 7 heterocycles. The maximum Gasteiger partial charge on any atom is 0.262 e. The molecular weight excluding hydrogens is 709 g/mol. The minimum Gasteiger partial charge on any atom is -0.399 e. The number of nitrogens with zero attached hydrogens (tertiary/aromatic N) is 8. The molecule has 56 heavy (non-hydrogen) atoms. The van der Waals surface area contributed by atoms with Crippen molar-refractivity contribution in [3.8, 4) is 0 Å². The normalized spacial score (nSPS) is 22.8. The van der Waals surface area contributed by atoms with E-state index in [1.54, 1.807) is 12.1 Å². The molecule has 4 saturated heterocycles. The number of piperazine rings is 2. The van der Waals surface area contributed by atoms with Crippen molar-refractivity contribution in [2.24, 2.45) is 10.9 Å². The molecule has 3 N–H and O–H groups in total. The molecule has 3 aromatic rings. The Morgan fingerprint density at radius 1 is 0.696 bits per heavy atom. The Bertz CT molecular complexity index is 2060. The SMILES string of the molecule is Nc1ccc2c(c1)C(c1ccnc(N3CCN(CCN4CCC(CN5CCN(c6ccc7c(c6)C(=O)N(C6CCC(=O)NC6=O)C7=O)CC5)CC4)CC3)c1)=NC2. The van der Waals surface area contributed by atoms with Crippen LogP contribution < -0.4 is 20.9 Å². The van der Waals surface area contributed by atoms with E-state index in [9.17, 15) is 19.2 Å². The summed E-state index contributed by atoms with van der Waals surface area (Å²) in [5, 5.41) is 2.26. The van der Waals surface area contributed by atoms with Crippen LogP contribution in [0.15, 0.2) is 59.7 Å². The number of carbonyl (C=O) groups is 4. The van der Waals surface area contributed by atoms with Gasteiger partial charge in [-0.1, -0.05) is 6.07 Å². The number of rotatable bonds is 9. The molecule has 6 aliphatic rings. The van der Waals surface area contributed by atoms with E-state index in [4.69, 9.17) is 15.7 Å². The van der Waals surface area contributed by atoms with E-state index < -0.39 is 23.8 Å². The number of piperidine rings is 2. The summed E-state index contributed by atoms with van der Waals surface area (Å²) < 4.78 is 0. The van der Waals surface area contributed by atoms with E-state index in [1.165, 1.54) is 18.4 Å². The van der Waals surface area contributed by atoms with Crippen LogP contribution in [-0.4, -0.2) is 145 Å². The molecule has 6 aliphatic heterocycles. The number of hydrogen-bond acceptors (Lipinski definition) is 12. The van der Waals surface area contributed by atoms with Gasteiger partial charge in [-0.05, 0) is 86.3 Å². The molecule has 0 saturated carbocycles. The molecule has 1 aromatic heterocycles. The van der Waals surface area contributed by atoms with Crippen molar-refractivity contribution < 1.29 is 19.2 Å². The Balaban J connectivity index is 0.691. The molecule has 292 valence electrons. The largest absolute Gasteiger partial charge is 0.399 e. The smallest absolute Gasteiger partial charge is 0.262 e. The molecular formula is C42H50N10O4. The lowest BCUT2D eigenvalue weighted by molar-refractivity contribution is -0.136. The lowest BCUT2D eigenvalue weighted by atomic mass is 9.96. The predicted octanol–water partition coefficient (Wildman–Crippen LogP) is 2.07. The number of anilines is 3. The predicted molar refractivity (Wildman–Crippen MR) is 214 cm³/mol. The Morgan fingerprint density at radius 2 is 1.41 bits per heavy atom. The van der Waals surface area contributed by atoms with Crippen LogP contribution in [0.2, 0.25) is 0 Å². The number of carbonyl (C=O) groups excluding carboxylic acids is 4. The summed E-state index contributed by atoms with van der Waals surface area (Å²) in [7, 11) is 0. The number of amides is 4. The van der Waals surface area contributed by atoms with Crippen molar-refractivity contribution >= 4 is 46.5 Å². The monoisotopic (exact) mass is 758 g/mol. The lowest BCUT2D eigenvalue weighted by Gasteiger charge is -2.40. The lowest BCUT2D eigenvalue weighted by Crippen LogP contribution is -2.54. The highest BCUT2D eigenvalue weighted by molar-refractivity contribution is 6.23. The zero-order valence-corrected chi connectivity index (χ0v) is 31.9. The first-order valence-corrected chi connectivity index (χ1v) is 20.2. The van der Waals surface area contributed by atoms with Crippen LogP contribution in [0.1, 0.15) is 63.1 Å². The molecule has 1 atom stereocenters. The number of benzene rings is 2. The molecule has 0 radical (unpaired) electrons. The van der Waals surface area contributed by atoms with Crippen LogP contribution >= 0.6 is 0 Å². The summed E-state index contributed by atoms with van der Waals surface area (Å²) in [6.45, 7) is 13.9. The molecule has 4 amide bonds. The van der Waals surface area contributed by atoms with E-state index in [-0.39, 0.29) is 18.7 Å². The van der Waals surface area contributed by atoms with Gasteiger partial charge in [-0.15, -0.1) is 0 Å². The van der Waals surface area contributed by atoms with Crippen molar-refractivity contribution in [2.75, 3.05) is 101 Å². The highest BCUT2D eigenvalue weighted by Gasteiger charge is 2.45. The zero-order valence-electron chi connectivity index (χ0n) is 31.9. The number of aromatic nitrogens is 1. The fourth-order valence-electron chi connectivity index (χ4n) is 9.27. The Labute approximate surface area is 327 Å². The van der Waals surface area contributed by atoms with Crippen LogP contribution in [0, 0.1) is 5.92 Å². The fraction of sp³-hybridized carbons (Fsp3) is 0.476. The maximum absolute atomic E-state index is 13.3. The van der Waals surface area contributed by atoms with Gasteiger partial charge in [0.05, 0.1) is 23.4 Å². The number of fused-ring (bicyclic) bond motifs is 2. The first-order valence-electron chi connectivity index (χ1n) is 20.2. The summed E-state index contributed by atoms with van der Waals surface area (Å²) in [4.78, 5) is 73.6. The van der Waals surface area contributed by atoms with Crippen LogP contribution in [-0.2, 0) is 16.1 Å². The third kappa shape index (κ3) is 7.28. The standard InChI is InChI=1S/C42H50N10O4/c43-31-2-1-30-26-45-39(34(30)24-31)29-7-10-44-37(23-29)51-21-15-48(16-22-51)14-13-47-11-8-28(9-12-47)27-49-17-19-50(20-18-49)32-3-4-33-35(25-32)42(56)52(41(33)55)36-5-6-38(53)46-40(36)54/h1-4,7,10,23-25,28,36H,5-6,8-9,11-22,26-27,43H2,(H,46,53,54). The number of nitrogens with one attached hydrogen (secondary N) is 1. The van der Waals surface area contributed by atoms with E-state index in [0.717, 1.165) is 124 Å². The van der Waals surface area contributed by atoms with Gasteiger partial charge in [-0.2, -0.15) is 0 Å². The highest BCUT2D eigenvalue weighted by Crippen LogP contribution is 2.32. The van der Waals surface area contributed by atoms with Crippen LogP contribution in [0.5, 0.6) is 0 Å². The summed E-state index contributed by atoms with van der Waals surface area (Å²) in [5.41, 5.74) is 12.9. The number of hydrogen-bond donors (Lipinski definition) is 2. The van der Waals surface area contributed by atoms with Gasteiger partial charge in [-0.25, -0.2) is 4.98 Å². The second kappa shape index (κ2) is 15.4. The second-order valence-corrected chi connectivity index (χ2v) is 16.1. The number of likely N-dealkylation sites (tertiary alicyclic amines) is 1. The van der Waals surface area contributed by atoms with Crippen molar-refractivity contribution in [1.82, 2.24) is 29.9 Å². The first kappa shape index (κ1) is 36.5. The van der Waals surface area contributed by atoms with Gasteiger partial charge in [0.1, 0.15) is 11.9 Å². The summed E-state index contributed by atoms with van der Waals surface area (Å²) >= 11 is 0. The van der Waals surface area contributed by atoms with E-state index in [2.05, 4.69) is 48.0 Å². The number of aliphatic imine (C=N–C) groups is 1. The molecule has 4 fully saturated rings. The van der Waals surface area contributed by atoms with Gasteiger partial charge in [0.25, 0.3) is 11.8 Å². The van der Waals surface area contributed by atoms with Gasteiger partial charge in [0.15, 0.2) is 0 Å². The van der Waals surface area contributed by atoms with Crippen LogP contribution in [0.25, 0.3) is 0 Å². The Kier molecular flexibility index (Phi) is 10.0. The maximum atomic E-state index is 13.3. The Hall–Kier alpha value is -5.18. The minimum atomic E-state index is -0.951. The van der Waals surface area contributed by atoms with Gasteiger partial charge >= 0.3 is 0 Å². The van der Waals surface area contributed by atoms with Crippen molar-refractivity contribution in [3.63, 3.8) is 0 Å². The first-order chi connectivity index (χ1) is 27.3. The third-order valence-corrected chi connectivity index (χ3v) is 12.6. The molecule has 14 nitrogen and oxygen atoms in total. The minimum absolute atomic E-state index is 0.109. The molecule has 1 unspecified atom stereocenters. The molecule has 0 bridgehead atoms. The Morgan fingerprint density at radius 3 is 2.18 bits per heavy atom. The highest BCUT2D eigenvalue weighted by atomic mass is 16.2. The van der Waals surface area contributed by atoms with Gasteiger partial charge < -0.3 is 20.4 Å².